The van der Waals surface area contributed by atoms with E-state index in [0.717, 1.165) is 22.0 Å². The fourth-order valence-electron chi connectivity index (χ4n) is 2.35. The Labute approximate surface area is 131 Å². The summed E-state index contributed by atoms with van der Waals surface area (Å²) >= 11 is 1.66. The quantitative estimate of drug-likeness (QED) is 0.694. The van der Waals surface area contributed by atoms with E-state index in [0.29, 0.717) is 0 Å². The van der Waals surface area contributed by atoms with Gasteiger partial charge >= 0.3 is 0 Å². The van der Waals surface area contributed by atoms with E-state index in [1.54, 1.807) is 11.3 Å². The number of aromatic nitrogens is 2. The molecule has 21 heavy (non-hydrogen) atoms. The Balaban J connectivity index is 1.79. The predicted octanol–water partition coefficient (Wildman–Crippen LogP) is 4.49. The molecule has 2 aromatic rings. The largest absolute Gasteiger partial charge is 0.318 e. The van der Waals surface area contributed by atoms with Crippen LogP contribution in [0.4, 0.5) is 0 Å². The summed E-state index contributed by atoms with van der Waals surface area (Å²) in [6.07, 6.45) is 8.88. The highest BCUT2D eigenvalue weighted by Gasteiger charge is 2.14. The first-order chi connectivity index (χ1) is 10.3. The fraction of sp³-hybridized carbons (Fsp3) is 0.529. The fourth-order valence-corrected chi connectivity index (χ4v) is 3.27. The average molecular weight is 303 g/mol. The van der Waals surface area contributed by atoms with Crippen LogP contribution in [0.5, 0.6) is 0 Å². The highest BCUT2D eigenvalue weighted by atomic mass is 32.1. The Morgan fingerprint density at radius 3 is 2.48 bits per heavy atom. The minimum Gasteiger partial charge on any atom is -0.318 e. The molecule has 1 unspecified atom stereocenters. The van der Waals surface area contributed by atoms with E-state index in [9.17, 15) is 0 Å². The highest BCUT2D eigenvalue weighted by Crippen LogP contribution is 2.23. The topological polar surface area (TPSA) is 51.8 Å². The number of rotatable bonds is 9. The lowest BCUT2D eigenvalue weighted by molar-refractivity contribution is 0.606. The minimum absolute atomic E-state index is 0.151. The molecule has 114 valence electrons. The lowest BCUT2D eigenvalue weighted by Crippen LogP contribution is -2.11. The molecule has 0 radical (unpaired) electrons. The van der Waals surface area contributed by atoms with Gasteiger partial charge in [-0.1, -0.05) is 80.7 Å². The maximum atomic E-state index is 6.25. The second-order valence-electron chi connectivity index (χ2n) is 5.44. The molecule has 0 aliphatic carbocycles. The van der Waals surface area contributed by atoms with Gasteiger partial charge in [0, 0.05) is 6.42 Å². The molecule has 0 saturated heterocycles. The van der Waals surface area contributed by atoms with Crippen molar-refractivity contribution >= 4 is 11.3 Å². The first-order valence-corrected chi connectivity index (χ1v) is 8.75. The van der Waals surface area contributed by atoms with E-state index in [1.165, 1.54) is 38.5 Å². The zero-order valence-corrected chi connectivity index (χ0v) is 13.6. The molecule has 0 spiro atoms. The van der Waals surface area contributed by atoms with Crippen molar-refractivity contribution < 1.29 is 0 Å². The molecule has 4 heteroatoms. The first kappa shape index (κ1) is 16.1. The van der Waals surface area contributed by atoms with Gasteiger partial charge in [-0.15, -0.1) is 10.2 Å². The van der Waals surface area contributed by atoms with Crippen LogP contribution in [0.25, 0.3) is 0 Å². The Morgan fingerprint density at radius 2 is 1.71 bits per heavy atom. The van der Waals surface area contributed by atoms with Crippen LogP contribution in [0.1, 0.15) is 67.1 Å². The molecule has 0 aliphatic rings. The van der Waals surface area contributed by atoms with E-state index in [-0.39, 0.29) is 6.04 Å². The maximum absolute atomic E-state index is 6.25. The van der Waals surface area contributed by atoms with Crippen LogP contribution >= 0.6 is 11.3 Å². The summed E-state index contributed by atoms with van der Waals surface area (Å²) in [5, 5.41) is 10.6. The molecule has 1 heterocycles. The third kappa shape index (κ3) is 5.21. The SMILES string of the molecule is CCCCCCCCc1nnc(C(N)c2ccccc2)s1. The monoisotopic (exact) mass is 303 g/mol. The second-order valence-corrected chi connectivity index (χ2v) is 6.53. The Kier molecular flexibility index (Phi) is 6.83. The number of nitrogens with two attached hydrogens (primary N) is 1. The molecule has 3 nitrogen and oxygen atoms in total. The first-order valence-electron chi connectivity index (χ1n) is 7.94. The van der Waals surface area contributed by atoms with Crippen LogP contribution in [-0.4, -0.2) is 10.2 Å². The molecular formula is C17H25N3S. The summed E-state index contributed by atoms with van der Waals surface area (Å²) < 4.78 is 0. The zero-order chi connectivity index (χ0) is 14.9. The zero-order valence-electron chi connectivity index (χ0n) is 12.8. The average Bonchev–Trinajstić information content (AvgIpc) is 3.00. The lowest BCUT2D eigenvalue weighted by atomic mass is 10.1. The number of hydrogen-bond donors (Lipinski definition) is 1. The van der Waals surface area contributed by atoms with E-state index >= 15 is 0 Å². The van der Waals surface area contributed by atoms with Gasteiger partial charge in [-0.25, -0.2) is 0 Å². The molecule has 0 aliphatic heterocycles. The number of benzene rings is 1. The molecule has 1 atom stereocenters. The molecular weight excluding hydrogens is 278 g/mol. The van der Waals surface area contributed by atoms with Gasteiger partial charge in [0.05, 0.1) is 6.04 Å². The molecule has 0 fully saturated rings. The van der Waals surface area contributed by atoms with Gasteiger partial charge in [-0.3, -0.25) is 0 Å². The number of nitrogens with zero attached hydrogens (tertiary/aromatic N) is 2. The van der Waals surface area contributed by atoms with Crippen LogP contribution in [0, 0.1) is 0 Å². The van der Waals surface area contributed by atoms with Crippen molar-refractivity contribution in [2.75, 3.05) is 0 Å². The van der Waals surface area contributed by atoms with Crippen molar-refractivity contribution in [2.45, 2.75) is 57.9 Å². The Hall–Kier alpha value is -1.26. The van der Waals surface area contributed by atoms with Gasteiger partial charge in [0.2, 0.25) is 0 Å². The van der Waals surface area contributed by atoms with Crippen molar-refractivity contribution in [1.29, 1.82) is 0 Å². The summed E-state index contributed by atoms with van der Waals surface area (Å²) in [6.45, 7) is 2.25. The summed E-state index contributed by atoms with van der Waals surface area (Å²) in [7, 11) is 0. The van der Waals surface area contributed by atoms with Gasteiger partial charge in [0.15, 0.2) is 0 Å². The van der Waals surface area contributed by atoms with Gasteiger partial charge < -0.3 is 5.73 Å². The standard InChI is InChI=1S/C17H25N3S/c1-2-3-4-5-6-10-13-15-19-20-17(21-15)16(18)14-11-8-7-9-12-14/h7-9,11-12,16H,2-6,10,13,18H2,1H3. The van der Waals surface area contributed by atoms with Crippen LogP contribution in [0.15, 0.2) is 30.3 Å². The van der Waals surface area contributed by atoms with E-state index in [2.05, 4.69) is 17.1 Å². The van der Waals surface area contributed by atoms with Crippen LogP contribution in [-0.2, 0) is 6.42 Å². The smallest absolute Gasteiger partial charge is 0.138 e. The van der Waals surface area contributed by atoms with Crippen molar-refractivity contribution in [3.8, 4) is 0 Å². The molecule has 2 N–H and O–H groups in total. The number of aryl methyl sites for hydroxylation is 1. The molecule has 2 rings (SSSR count). The van der Waals surface area contributed by atoms with Crippen molar-refractivity contribution in [3.63, 3.8) is 0 Å². The van der Waals surface area contributed by atoms with Crippen LogP contribution < -0.4 is 5.73 Å². The second kappa shape index (κ2) is 8.90. The third-order valence-corrected chi connectivity index (χ3v) is 4.72. The summed E-state index contributed by atoms with van der Waals surface area (Å²) in [5.41, 5.74) is 7.34. The van der Waals surface area contributed by atoms with E-state index in [1.807, 2.05) is 30.3 Å². The van der Waals surface area contributed by atoms with Gasteiger partial charge in [-0.2, -0.15) is 0 Å². The van der Waals surface area contributed by atoms with Crippen LogP contribution in [0.2, 0.25) is 0 Å². The summed E-state index contributed by atoms with van der Waals surface area (Å²) in [5.74, 6) is 0. The van der Waals surface area contributed by atoms with E-state index in [4.69, 9.17) is 5.73 Å². The lowest BCUT2D eigenvalue weighted by Gasteiger charge is -2.06. The number of unbranched alkanes of at least 4 members (excludes halogenated alkanes) is 5. The molecule has 0 saturated carbocycles. The summed E-state index contributed by atoms with van der Waals surface area (Å²) in [4.78, 5) is 0. The van der Waals surface area contributed by atoms with Gasteiger partial charge in [0.25, 0.3) is 0 Å². The summed E-state index contributed by atoms with van der Waals surface area (Å²) in [6, 6.07) is 9.95. The van der Waals surface area contributed by atoms with Crippen molar-refractivity contribution in [3.05, 3.63) is 45.9 Å². The normalized spacial score (nSPS) is 12.5. The maximum Gasteiger partial charge on any atom is 0.138 e. The third-order valence-electron chi connectivity index (χ3n) is 3.65. The Morgan fingerprint density at radius 1 is 1.00 bits per heavy atom. The van der Waals surface area contributed by atoms with Gasteiger partial charge in [-0.05, 0) is 12.0 Å². The predicted molar refractivity (Wildman–Crippen MR) is 89.5 cm³/mol. The number of hydrogen-bond acceptors (Lipinski definition) is 4. The van der Waals surface area contributed by atoms with Crippen molar-refractivity contribution in [1.82, 2.24) is 10.2 Å². The highest BCUT2D eigenvalue weighted by molar-refractivity contribution is 7.11. The Bertz CT molecular complexity index is 510. The molecule has 0 bridgehead atoms. The van der Waals surface area contributed by atoms with E-state index < -0.39 is 0 Å². The molecule has 0 amide bonds. The molecule has 1 aromatic carbocycles. The van der Waals surface area contributed by atoms with Crippen LogP contribution in [0.3, 0.4) is 0 Å². The molecule has 1 aromatic heterocycles. The van der Waals surface area contributed by atoms with Gasteiger partial charge in [0.1, 0.15) is 10.0 Å². The minimum atomic E-state index is -0.151. The van der Waals surface area contributed by atoms with Crippen molar-refractivity contribution in [2.24, 2.45) is 5.73 Å².